The first-order chi connectivity index (χ1) is 6.30. The van der Waals surface area contributed by atoms with Gasteiger partial charge >= 0.3 is 6.09 Å². The van der Waals surface area contributed by atoms with Crippen molar-refractivity contribution in [2.75, 3.05) is 19.3 Å². The third kappa shape index (κ3) is 9.27. The second-order valence-electron chi connectivity index (χ2n) is 3.06. The van der Waals surface area contributed by atoms with Gasteiger partial charge in [-0.2, -0.15) is 8.42 Å². The van der Waals surface area contributed by atoms with Crippen molar-refractivity contribution in [3.63, 3.8) is 0 Å². The lowest BCUT2D eigenvalue weighted by Gasteiger charge is -2.22. The Labute approximate surface area is 83.3 Å². The van der Waals surface area contributed by atoms with Crippen LogP contribution in [0, 0.1) is 0 Å². The molecule has 6 nitrogen and oxygen atoms in total. The number of rotatable bonds is 0. The zero-order chi connectivity index (χ0) is 11.2. The SMILES string of the molecule is CS(=O)(=O)O.O=C(O)N1CCCCC1. The van der Waals surface area contributed by atoms with Gasteiger partial charge < -0.3 is 10.0 Å². The van der Waals surface area contributed by atoms with Gasteiger partial charge in [-0.25, -0.2) is 4.79 Å². The Morgan fingerprint density at radius 1 is 1.21 bits per heavy atom. The van der Waals surface area contributed by atoms with E-state index >= 15 is 0 Å². The molecule has 0 bridgehead atoms. The second-order valence-corrected chi connectivity index (χ2v) is 4.53. The van der Waals surface area contributed by atoms with E-state index in [1.807, 2.05) is 0 Å². The highest BCUT2D eigenvalue weighted by atomic mass is 32.2. The van der Waals surface area contributed by atoms with E-state index in [0.29, 0.717) is 6.26 Å². The van der Waals surface area contributed by atoms with Gasteiger partial charge in [-0.15, -0.1) is 0 Å². The number of likely N-dealkylation sites (tertiary alicyclic amines) is 1. The van der Waals surface area contributed by atoms with E-state index in [2.05, 4.69) is 0 Å². The van der Waals surface area contributed by atoms with Crippen LogP contribution in [0.4, 0.5) is 4.79 Å². The first kappa shape index (κ1) is 13.2. The molecule has 1 amide bonds. The monoisotopic (exact) mass is 225 g/mol. The zero-order valence-corrected chi connectivity index (χ0v) is 8.83. The van der Waals surface area contributed by atoms with Crippen LogP contribution in [0.2, 0.25) is 0 Å². The molecule has 0 unspecified atom stereocenters. The van der Waals surface area contributed by atoms with E-state index in [9.17, 15) is 13.2 Å². The Hall–Kier alpha value is -0.820. The fourth-order valence-corrected chi connectivity index (χ4v) is 1.09. The van der Waals surface area contributed by atoms with Gasteiger partial charge in [0.25, 0.3) is 10.1 Å². The Morgan fingerprint density at radius 3 is 1.79 bits per heavy atom. The van der Waals surface area contributed by atoms with Gasteiger partial charge in [0.15, 0.2) is 0 Å². The first-order valence-corrected chi connectivity index (χ1v) is 6.06. The smallest absolute Gasteiger partial charge is 0.407 e. The molecule has 2 N–H and O–H groups in total. The summed E-state index contributed by atoms with van der Waals surface area (Å²) in [5.74, 6) is 0. The maximum Gasteiger partial charge on any atom is 0.407 e. The minimum Gasteiger partial charge on any atom is -0.465 e. The largest absolute Gasteiger partial charge is 0.465 e. The summed E-state index contributed by atoms with van der Waals surface area (Å²) in [5.41, 5.74) is 0. The molecule has 0 aromatic heterocycles. The third-order valence-electron chi connectivity index (χ3n) is 1.63. The van der Waals surface area contributed by atoms with E-state index in [-0.39, 0.29) is 0 Å². The molecule has 7 heteroatoms. The number of nitrogens with zero attached hydrogens (tertiary/aromatic N) is 1. The minimum absolute atomic E-state index is 0.715. The molecule has 1 rings (SSSR count). The average molecular weight is 225 g/mol. The topological polar surface area (TPSA) is 94.9 Å². The maximum absolute atomic E-state index is 10.3. The molecule has 1 aliphatic heterocycles. The third-order valence-corrected chi connectivity index (χ3v) is 1.63. The Morgan fingerprint density at radius 2 is 1.57 bits per heavy atom. The van der Waals surface area contributed by atoms with Crippen molar-refractivity contribution in [1.82, 2.24) is 4.90 Å². The molecule has 0 atom stereocenters. The van der Waals surface area contributed by atoms with Gasteiger partial charge in [0, 0.05) is 13.1 Å². The lowest BCUT2D eigenvalue weighted by molar-refractivity contribution is 0.136. The van der Waals surface area contributed by atoms with Crippen LogP contribution in [-0.4, -0.2) is 48.4 Å². The van der Waals surface area contributed by atoms with Gasteiger partial charge in [-0.3, -0.25) is 4.55 Å². The van der Waals surface area contributed by atoms with Crippen LogP contribution in [0.15, 0.2) is 0 Å². The molecule has 1 heterocycles. The lowest BCUT2D eigenvalue weighted by atomic mass is 10.1. The number of piperidine rings is 1. The minimum atomic E-state index is -3.67. The van der Waals surface area contributed by atoms with Crippen molar-refractivity contribution in [2.24, 2.45) is 0 Å². The van der Waals surface area contributed by atoms with Crippen molar-refractivity contribution < 1.29 is 22.9 Å². The van der Waals surface area contributed by atoms with Crippen molar-refractivity contribution in [3.8, 4) is 0 Å². The second kappa shape index (κ2) is 5.82. The van der Waals surface area contributed by atoms with Crippen molar-refractivity contribution >= 4 is 16.2 Å². The summed E-state index contributed by atoms with van der Waals surface area (Å²) in [4.78, 5) is 11.8. The molecule has 84 valence electrons. The standard InChI is InChI=1S/C6H11NO2.CH4O3S/c8-6(9)7-4-2-1-3-5-7;1-5(2,3)4/h1-5H2,(H,8,9);1H3,(H,2,3,4). The molecule has 0 spiro atoms. The van der Waals surface area contributed by atoms with Crippen molar-refractivity contribution in [1.29, 1.82) is 0 Å². The molecule has 1 saturated heterocycles. The van der Waals surface area contributed by atoms with Crippen LogP contribution in [0.1, 0.15) is 19.3 Å². The maximum atomic E-state index is 10.3. The molecular formula is C7H15NO5S. The van der Waals surface area contributed by atoms with Crippen LogP contribution in [0.3, 0.4) is 0 Å². The van der Waals surface area contributed by atoms with Crippen LogP contribution >= 0.6 is 0 Å². The highest BCUT2D eigenvalue weighted by molar-refractivity contribution is 7.85. The van der Waals surface area contributed by atoms with Crippen LogP contribution < -0.4 is 0 Å². The highest BCUT2D eigenvalue weighted by Crippen LogP contribution is 2.07. The number of hydrogen-bond acceptors (Lipinski definition) is 3. The number of carbonyl (C=O) groups is 1. The van der Waals surface area contributed by atoms with Crippen molar-refractivity contribution in [2.45, 2.75) is 19.3 Å². The Bertz CT molecular complexity index is 260. The van der Waals surface area contributed by atoms with E-state index < -0.39 is 16.2 Å². The Balaban J connectivity index is 0.000000292. The molecule has 0 aromatic carbocycles. The number of carboxylic acid groups (broad SMARTS) is 1. The fraction of sp³-hybridized carbons (Fsp3) is 0.857. The lowest BCUT2D eigenvalue weighted by Crippen LogP contribution is -2.34. The molecule has 1 aliphatic rings. The predicted molar refractivity (Wildman–Crippen MR) is 50.9 cm³/mol. The van der Waals surface area contributed by atoms with Crippen LogP contribution in [-0.2, 0) is 10.1 Å². The van der Waals surface area contributed by atoms with E-state index in [1.54, 1.807) is 0 Å². The van der Waals surface area contributed by atoms with Gasteiger partial charge in [0.05, 0.1) is 6.26 Å². The van der Waals surface area contributed by atoms with E-state index in [1.165, 1.54) is 11.3 Å². The molecular weight excluding hydrogens is 210 g/mol. The van der Waals surface area contributed by atoms with E-state index in [0.717, 1.165) is 25.9 Å². The summed E-state index contributed by atoms with van der Waals surface area (Å²) < 4.78 is 25.9. The predicted octanol–water partition coefficient (Wildman–Crippen LogP) is 0.654. The quantitative estimate of drug-likeness (QED) is 0.590. The fourth-order valence-electron chi connectivity index (χ4n) is 1.09. The summed E-state index contributed by atoms with van der Waals surface area (Å²) in [5, 5.41) is 8.46. The summed E-state index contributed by atoms with van der Waals surface area (Å²) in [6, 6.07) is 0. The van der Waals surface area contributed by atoms with Crippen molar-refractivity contribution in [3.05, 3.63) is 0 Å². The highest BCUT2D eigenvalue weighted by Gasteiger charge is 2.13. The van der Waals surface area contributed by atoms with Crippen LogP contribution in [0.5, 0.6) is 0 Å². The number of amides is 1. The molecule has 0 aromatic rings. The van der Waals surface area contributed by atoms with Gasteiger partial charge in [-0.05, 0) is 19.3 Å². The normalized spacial score (nSPS) is 16.9. The number of hydrogen-bond donors (Lipinski definition) is 2. The van der Waals surface area contributed by atoms with Gasteiger partial charge in [0.2, 0.25) is 0 Å². The van der Waals surface area contributed by atoms with Crippen LogP contribution in [0.25, 0.3) is 0 Å². The molecule has 1 fully saturated rings. The zero-order valence-electron chi connectivity index (χ0n) is 8.01. The van der Waals surface area contributed by atoms with E-state index in [4.69, 9.17) is 9.66 Å². The molecule has 0 aliphatic carbocycles. The van der Waals surface area contributed by atoms with Gasteiger partial charge in [-0.1, -0.05) is 0 Å². The Kier molecular flexibility index (Phi) is 5.47. The summed E-state index contributed by atoms with van der Waals surface area (Å²) in [7, 11) is -3.67. The molecule has 14 heavy (non-hydrogen) atoms. The first-order valence-electron chi connectivity index (χ1n) is 4.21. The summed E-state index contributed by atoms with van der Waals surface area (Å²) in [6.45, 7) is 1.46. The molecule has 0 radical (unpaired) electrons. The molecule has 0 saturated carbocycles. The summed E-state index contributed by atoms with van der Waals surface area (Å²) in [6.07, 6.45) is 3.20. The average Bonchev–Trinajstić information content (AvgIpc) is 2.03. The van der Waals surface area contributed by atoms with Gasteiger partial charge in [0.1, 0.15) is 0 Å². The summed E-state index contributed by atoms with van der Waals surface area (Å²) >= 11 is 0.